The molecule has 2 aromatic rings. The molecule has 0 amide bonds. The summed E-state index contributed by atoms with van der Waals surface area (Å²) in [6.45, 7) is 2.77. The average molecular weight is 372 g/mol. The van der Waals surface area contributed by atoms with Crippen molar-refractivity contribution in [1.29, 1.82) is 0 Å². The van der Waals surface area contributed by atoms with E-state index in [0.717, 1.165) is 12.1 Å². The largest absolute Gasteiger partial charge is 0.467 e. The Balaban J connectivity index is 2.16. The van der Waals surface area contributed by atoms with Gasteiger partial charge < -0.3 is 19.4 Å². The summed E-state index contributed by atoms with van der Waals surface area (Å²) in [5, 5.41) is 3.16. The number of ether oxygens (including phenoxy) is 1. The molecule has 0 radical (unpaired) electrons. The fourth-order valence-electron chi connectivity index (χ4n) is 2.31. The molecule has 4 nitrogen and oxygen atoms in total. The molecule has 0 saturated heterocycles. The molecule has 0 fully saturated rings. The molecule has 0 aliphatic carbocycles. The first-order chi connectivity index (χ1) is 11.8. The first-order valence-corrected chi connectivity index (χ1v) is 8.01. The van der Waals surface area contributed by atoms with E-state index in [9.17, 15) is 13.2 Å². The zero-order valence-corrected chi connectivity index (χ0v) is 14.7. The lowest BCUT2D eigenvalue weighted by atomic mass is 10.2. The van der Waals surface area contributed by atoms with Crippen LogP contribution in [0.15, 0.2) is 47.1 Å². The molecule has 8 heteroatoms. The van der Waals surface area contributed by atoms with Gasteiger partial charge in [-0.1, -0.05) is 6.07 Å². The van der Waals surface area contributed by atoms with E-state index in [1.165, 1.54) is 12.1 Å². The monoisotopic (exact) mass is 372 g/mol. The number of methoxy groups -OCH3 is 1. The maximum atomic E-state index is 12.8. The van der Waals surface area contributed by atoms with Crippen LogP contribution in [0, 0.1) is 0 Å². The summed E-state index contributed by atoms with van der Waals surface area (Å²) in [4.78, 5) is 1.80. The van der Waals surface area contributed by atoms with Gasteiger partial charge in [-0.3, -0.25) is 0 Å². The normalized spacial score (nSPS) is 12.7. The van der Waals surface area contributed by atoms with Crippen LogP contribution in [0.1, 0.15) is 24.3 Å². The molecule has 0 aliphatic heterocycles. The Morgan fingerprint density at radius 1 is 1.32 bits per heavy atom. The third kappa shape index (κ3) is 5.20. The predicted molar refractivity (Wildman–Crippen MR) is 93.4 cm³/mol. The maximum absolute atomic E-state index is 12.8. The summed E-state index contributed by atoms with van der Waals surface area (Å²) in [6, 6.07) is 8.30. The second kappa shape index (κ2) is 8.35. The fourth-order valence-corrected chi connectivity index (χ4v) is 2.68. The lowest BCUT2D eigenvalue weighted by molar-refractivity contribution is -0.137. The van der Waals surface area contributed by atoms with E-state index in [0.29, 0.717) is 24.0 Å². The zero-order chi connectivity index (χ0) is 18.4. The first kappa shape index (κ1) is 19.3. The molecule has 2 rings (SSSR count). The Morgan fingerprint density at radius 2 is 2.08 bits per heavy atom. The van der Waals surface area contributed by atoms with Crippen LogP contribution in [0.5, 0.6) is 0 Å². The van der Waals surface area contributed by atoms with Crippen molar-refractivity contribution in [1.82, 2.24) is 4.90 Å². The molecule has 0 spiro atoms. The maximum Gasteiger partial charge on any atom is 0.416 e. The van der Waals surface area contributed by atoms with Gasteiger partial charge in [-0.25, -0.2) is 0 Å². The van der Waals surface area contributed by atoms with Crippen molar-refractivity contribution in [2.75, 3.05) is 25.6 Å². The molecule has 0 aliphatic rings. The molecule has 0 unspecified atom stereocenters. The van der Waals surface area contributed by atoms with Gasteiger partial charge in [0.1, 0.15) is 5.76 Å². The van der Waals surface area contributed by atoms with Crippen molar-refractivity contribution >= 4 is 23.0 Å². The van der Waals surface area contributed by atoms with Gasteiger partial charge >= 0.3 is 6.18 Å². The molecule has 0 saturated carbocycles. The smallest absolute Gasteiger partial charge is 0.416 e. The average Bonchev–Trinajstić information content (AvgIpc) is 3.09. The number of alkyl halides is 3. The first-order valence-electron chi connectivity index (χ1n) is 7.60. The van der Waals surface area contributed by atoms with Gasteiger partial charge in [-0.15, -0.1) is 0 Å². The van der Waals surface area contributed by atoms with Crippen LogP contribution in [0.4, 0.5) is 18.9 Å². The van der Waals surface area contributed by atoms with Gasteiger partial charge in [0.05, 0.1) is 24.5 Å². The van der Waals surface area contributed by atoms with Gasteiger partial charge in [-0.2, -0.15) is 13.2 Å². The summed E-state index contributed by atoms with van der Waals surface area (Å²) in [6.07, 6.45) is -2.85. The number of rotatable bonds is 6. The van der Waals surface area contributed by atoms with Crippen LogP contribution >= 0.6 is 12.2 Å². The van der Waals surface area contributed by atoms with Crippen molar-refractivity contribution in [2.24, 2.45) is 0 Å². The molecule has 0 bridgehead atoms. The van der Waals surface area contributed by atoms with Crippen LogP contribution in [0.25, 0.3) is 0 Å². The standard InChI is InChI=1S/C17H19F3N2O2S/c1-12(15-7-4-9-24-15)22(8-10-23-2)16(25)21-14-6-3-5-13(11-14)17(18,19)20/h3-7,9,11-12H,8,10H2,1-2H3,(H,21,25)/t12-/m0/s1. The highest BCUT2D eigenvalue weighted by Crippen LogP contribution is 2.31. The number of nitrogens with one attached hydrogen (secondary N) is 1. The molecular formula is C17H19F3N2O2S. The second-order valence-corrected chi connectivity index (χ2v) is 5.77. The zero-order valence-electron chi connectivity index (χ0n) is 13.8. The van der Waals surface area contributed by atoms with Gasteiger partial charge in [0.2, 0.25) is 0 Å². The summed E-state index contributed by atoms with van der Waals surface area (Å²) in [7, 11) is 1.57. The molecule has 136 valence electrons. The number of hydrogen-bond donors (Lipinski definition) is 1. The Morgan fingerprint density at radius 3 is 2.68 bits per heavy atom. The number of furan rings is 1. The molecular weight excluding hydrogens is 353 g/mol. The minimum atomic E-state index is -4.41. The van der Waals surface area contributed by atoms with Crippen molar-refractivity contribution in [2.45, 2.75) is 19.1 Å². The highest BCUT2D eigenvalue weighted by Gasteiger charge is 2.30. The van der Waals surface area contributed by atoms with Gasteiger partial charge in [0, 0.05) is 19.3 Å². The lowest BCUT2D eigenvalue weighted by Gasteiger charge is -2.30. The Labute approximate surface area is 149 Å². The van der Waals surface area contributed by atoms with E-state index in [1.807, 2.05) is 13.0 Å². The van der Waals surface area contributed by atoms with Crippen LogP contribution in [0.2, 0.25) is 0 Å². The number of nitrogens with zero attached hydrogens (tertiary/aromatic N) is 1. The third-order valence-electron chi connectivity index (χ3n) is 3.66. The van der Waals surface area contributed by atoms with Crippen LogP contribution in [-0.4, -0.2) is 30.3 Å². The Hall–Kier alpha value is -2.06. The van der Waals surface area contributed by atoms with E-state index in [1.54, 1.807) is 24.3 Å². The van der Waals surface area contributed by atoms with Crippen molar-refractivity contribution < 1.29 is 22.3 Å². The fraction of sp³-hybridized carbons (Fsp3) is 0.353. The number of anilines is 1. The van der Waals surface area contributed by atoms with Crippen LogP contribution in [-0.2, 0) is 10.9 Å². The minimum Gasteiger partial charge on any atom is -0.467 e. The molecule has 1 atom stereocenters. The predicted octanol–water partition coefficient (Wildman–Crippen LogP) is 4.70. The van der Waals surface area contributed by atoms with Gasteiger partial charge in [-0.05, 0) is 49.5 Å². The highest BCUT2D eigenvalue weighted by atomic mass is 32.1. The van der Waals surface area contributed by atoms with Gasteiger partial charge in [0.25, 0.3) is 0 Å². The molecule has 1 aromatic carbocycles. The molecule has 25 heavy (non-hydrogen) atoms. The van der Waals surface area contributed by atoms with Crippen molar-refractivity contribution in [3.8, 4) is 0 Å². The van der Waals surface area contributed by atoms with Crippen LogP contribution in [0.3, 0.4) is 0 Å². The Kier molecular flexibility index (Phi) is 6.44. The van der Waals surface area contributed by atoms with E-state index < -0.39 is 11.7 Å². The van der Waals surface area contributed by atoms with Crippen molar-refractivity contribution in [3.05, 3.63) is 54.0 Å². The summed E-state index contributed by atoms with van der Waals surface area (Å²) in [5.41, 5.74) is -0.461. The summed E-state index contributed by atoms with van der Waals surface area (Å²) >= 11 is 5.39. The topological polar surface area (TPSA) is 37.6 Å². The number of halogens is 3. The van der Waals surface area contributed by atoms with E-state index in [2.05, 4.69) is 5.32 Å². The Bertz CT molecular complexity index is 689. The van der Waals surface area contributed by atoms with Gasteiger partial charge in [0.15, 0.2) is 5.11 Å². The van der Waals surface area contributed by atoms with E-state index in [4.69, 9.17) is 21.4 Å². The highest BCUT2D eigenvalue weighted by molar-refractivity contribution is 7.80. The van der Waals surface area contributed by atoms with Crippen LogP contribution < -0.4 is 5.32 Å². The summed E-state index contributed by atoms with van der Waals surface area (Å²) < 4.78 is 49.0. The second-order valence-electron chi connectivity index (χ2n) is 5.39. The minimum absolute atomic E-state index is 0.198. The quantitative estimate of drug-likeness (QED) is 0.744. The lowest BCUT2D eigenvalue weighted by Crippen LogP contribution is -2.39. The molecule has 1 N–H and O–H groups in total. The molecule has 1 heterocycles. The SMILES string of the molecule is COCCN(C(=S)Nc1cccc(C(F)(F)F)c1)[C@@H](C)c1ccco1. The van der Waals surface area contributed by atoms with E-state index >= 15 is 0 Å². The van der Waals surface area contributed by atoms with Crippen molar-refractivity contribution in [3.63, 3.8) is 0 Å². The molecule has 1 aromatic heterocycles. The van der Waals surface area contributed by atoms with E-state index in [-0.39, 0.29) is 11.7 Å². The number of benzene rings is 1. The third-order valence-corrected chi connectivity index (χ3v) is 4.00. The number of hydrogen-bond acceptors (Lipinski definition) is 3. The summed E-state index contributed by atoms with van der Waals surface area (Å²) in [5.74, 6) is 0.698. The number of thiocarbonyl (C=S) groups is 1.